The third-order valence-corrected chi connectivity index (χ3v) is 7.22. The molecule has 2 saturated heterocycles. The molecular formula is C29H39N3O7. The summed E-state index contributed by atoms with van der Waals surface area (Å²) < 4.78 is 12.8. The first-order valence-electron chi connectivity index (χ1n) is 13.7. The van der Waals surface area contributed by atoms with E-state index in [-0.39, 0.29) is 37.2 Å². The van der Waals surface area contributed by atoms with Gasteiger partial charge in [-0.05, 0) is 42.5 Å². The molecule has 2 aromatic carbocycles. The first kappa shape index (κ1) is 29.1. The number of rotatable bonds is 12. The second-order valence-electron chi connectivity index (χ2n) is 10.3. The molecule has 4 unspecified atom stereocenters. The van der Waals surface area contributed by atoms with Gasteiger partial charge in [0.05, 0.1) is 24.9 Å². The zero-order valence-corrected chi connectivity index (χ0v) is 22.1. The molecule has 2 fully saturated rings. The summed E-state index contributed by atoms with van der Waals surface area (Å²) in [5, 5.41) is 30.8. The van der Waals surface area contributed by atoms with Crippen LogP contribution >= 0.6 is 0 Å². The van der Waals surface area contributed by atoms with Gasteiger partial charge in [-0.1, -0.05) is 42.8 Å². The normalized spacial score (nSPS) is 23.5. The number of ether oxygens (including phenoxy) is 2. The number of amides is 2. The number of likely N-dealkylation sites (tertiary alicyclic amines) is 1. The highest BCUT2D eigenvalue weighted by Crippen LogP contribution is 2.38. The SMILES string of the molecule is O=C(CCCCCC(=O)Nc1ccc(C2OC(CN3CCC(O)C3)CC(c3ccc(CO)cc3)O2)cc1)NO. The Morgan fingerprint density at radius 3 is 2.26 bits per heavy atom. The molecule has 0 radical (unpaired) electrons. The van der Waals surface area contributed by atoms with Crippen molar-refractivity contribution < 1.29 is 34.5 Å². The number of hydrogen-bond acceptors (Lipinski definition) is 8. The zero-order chi connectivity index (χ0) is 27.6. The van der Waals surface area contributed by atoms with Gasteiger partial charge in [-0.25, -0.2) is 5.48 Å². The fourth-order valence-electron chi connectivity index (χ4n) is 5.05. The lowest BCUT2D eigenvalue weighted by atomic mass is 9.99. The molecule has 0 bridgehead atoms. The van der Waals surface area contributed by atoms with Gasteiger partial charge >= 0.3 is 0 Å². The third-order valence-electron chi connectivity index (χ3n) is 7.22. The minimum atomic E-state index is -0.584. The first-order chi connectivity index (χ1) is 18.9. The molecule has 0 spiro atoms. The van der Waals surface area contributed by atoms with Gasteiger partial charge in [0, 0.05) is 50.1 Å². The number of nitrogens with one attached hydrogen (secondary N) is 2. The molecule has 0 aromatic heterocycles. The minimum absolute atomic E-state index is 0.0102. The Balaban J connectivity index is 1.35. The van der Waals surface area contributed by atoms with Crippen LogP contribution in [0.3, 0.4) is 0 Å². The van der Waals surface area contributed by atoms with E-state index < -0.39 is 12.2 Å². The quantitative estimate of drug-likeness (QED) is 0.157. The van der Waals surface area contributed by atoms with Crippen LogP contribution in [-0.2, 0) is 25.7 Å². The number of β-amino-alcohol motifs (C(OH)–C–C–N with tert-alkyl or cyclic N) is 1. The summed E-state index contributed by atoms with van der Waals surface area (Å²) in [4.78, 5) is 25.6. The molecule has 5 N–H and O–H groups in total. The lowest BCUT2D eigenvalue weighted by Gasteiger charge is -2.37. The Morgan fingerprint density at radius 1 is 0.923 bits per heavy atom. The third kappa shape index (κ3) is 8.82. The molecule has 0 aliphatic carbocycles. The second kappa shape index (κ2) is 14.5. The zero-order valence-electron chi connectivity index (χ0n) is 22.1. The molecule has 10 nitrogen and oxygen atoms in total. The molecule has 39 heavy (non-hydrogen) atoms. The summed E-state index contributed by atoms with van der Waals surface area (Å²) in [6, 6.07) is 15.2. The predicted molar refractivity (Wildman–Crippen MR) is 144 cm³/mol. The number of anilines is 1. The van der Waals surface area contributed by atoms with E-state index in [1.54, 1.807) is 5.48 Å². The van der Waals surface area contributed by atoms with Crippen molar-refractivity contribution in [1.82, 2.24) is 10.4 Å². The maximum Gasteiger partial charge on any atom is 0.243 e. The van der Waals surface area contributed by atoms with Crippen molar-refractivity contribution >= 4 is 17.5 Å². The smallest absolute Gasteiger partial charge is 0.243 e. The van der Waals surface area contributed by atoms with Gasteiger partial charge in [-0.2, -0.15) is 0 Å². The largest absolute Gasteiger partial charge is 0.392 e. The van der Waals surface area contributed by atoms with E-state index in [4.69, 9.17) is 14.7 Å². The van der Waals surface area contributed by atoms with E-state index in [0.29, 0.717) is 44.5 Å². The number of aliphatic hydroxyl groups is 2. The molecule has 4 atom stereocenters. The van der Waals surface area contributed by atoms with E-state index in [1.165, 1.54) is 0 Å². The van der Waals surface area contributed by atoms with Crippen LogP contribution in [0, 0.1) is 0 Å². The standard InChI is InChI=1S/C29H39N3O7/c33-19-20-6-8-21(9-7-20)26-16-25(18-32-15-14-24(34)17-32)38-29(39-26)22-10-12-23(13-11-22)30-27(35)4-2-1-3-5-28(36)31-37/h6-13,24-26,29,33-34,37H,1-5,14-19H2,(H,30,35)(H,31,36). The monoisotopic (exact) mass is 541 g/mol. The Kier molecular flexibility index (Phi) is 10.8. The highest BCUT2D eigenvalue weighted by molar-refractivity contribution is 5.90. The summed E-state index contributed by atoms with van der Waals surface area (Å²) in [6.45, 7) is 2.19. The molecule has 10 heteroatoms. The molecule has 4 rings (SSSR count). The van der Waals surface area contributed by atoms with Crippen LogP contribution in [0.1, 0.15) is 74.0 Å². The van der Waals surface area contributed by atoms with Crippen LogP contribution in [0.25, 0.3) is 0 Å². The van der Waals surface area contributed by atoms with Crippen molar-refractivity contribution in [2.24, 2.45) is 0 Å². The molecule has 212 valence electrons. The Labute approximate surface area is 228 Å². The number of carbonyl (C=O) groups excluding carboxylic acids is 2. The van der Waals surface area contributed by atoms with Crippen molar-refractivity contribution in [2.45, 2.75) is 76.2 Å². The minimum Gasteiger partial charge on any atom is -0.392 e. The maximum atomic E-state index is 12.3. The van der Waals surface area contributed by atoms with Gasteiger partial charge in [0.25, 0.3) is 0 Å². The second-order valence-corrected chi connectivity index (χ2v) is 10.3. The van der Waals surface area contributed by atoms with Crippen LogP contribution in [0.15, 0.2) is 48.5 Å². The lowest BCUT2D eigenvalue weighted by Crippen LogP contribution is -2.38. The van der Waals surface area contributed by atoms with Crippen molar-refractivity contribution in [3.63, 3.8) is 0 Å². The van der Waals surface area contributed by atoms with Gasteiger partial charge < -0.3 is 25.0 Å². The Bertz CT molecular complexity index is 1060. The van der Waals surface area contributed by atoms with E-state index >= 15 is 0 Å². The molecule has 2 aromatic rings. The number of benzene rings is 2. The van der Waals surface area contributed by atoms with Crippen molar-refractivity contribution in [1.29, 1.82) is 0 Å². The van der Waals surface area contributed by atoms with E-state index in [9.17, 15) is 19.8 Å². The van der Waals surface area contributed by atoms with Crippen LogP contribution in [0.4, 0.5) is 5.69 Å². The van der Waals surface area contributed by atoms with Gasteiger partial charge in [0.15, 0.2) is 6.29 Å². The van der Waals surface area contributed by atoms with Crippen molar-refractivity contribution in [3.8, 4) is 0 Å². The molecule has 2 aliphatic heterocycles. The number of carbonyl (C=O) groups is 2. The number of aliphatic hydroxyl groups excluding tert-OH is 2. The van der Waals surface area contributed by atoms with E-state index in [2.05, 4.69) is 10.2 Å². The van der Waals surface area contributed by atoms with Crippen LogP contribution in [0.2, 0.25) is 0 Å². The summed E-state index contributed by atoms with van der Waals surface area (Å²) in [5.74, 6) is -0.517. The van der Waals surface area contributed by atoms with Gasteiger partial charge in [0.1, 0.15) is 0 Å². The number of nitrogens with zero attached hydrogens (tertiary/aromatic N) is 1. The number of hydroxylamine groups is 1. The fourth-order valence-corrected chi connectivity index (χ4v) is 5.05. The van der Waals surface area contributed by atoms with Crippen molar-refractivity contribution in [2.75, 3.05) is 25.0 Å². The molecule has 2 heterocycles. The highest BCUT2D eigenvalue weighted by atomic mass is 16.7. The highest BCUT2D eigenvalue weighted by Gasteiger charge is 2.34. The topological polar surface area (TPSA) is 141 Å². The fraction of sp³-hybridized carbons (Fsp3) is 0.517. The summed E-state index contributed by atoms with van der Waals surface area (Å²) in [7, 11) is 0. The Morgan fingerprint density at radius 2 is 1.62 bits per heavy atom. The average Bonchev–Trinajstić information content (AvgIpc) is 3.37. The summed E-state index contributed by atoms with van der Waals surface area (Å²) in [6.07, 6.45) is 2.88. The predicted octanol–water partition coefficient (Wildman–Crippen LogP) is 3.19. The molecule has 2 aliphatic rings. The number of hydrogen-bond donors (Lipinski definition) is 5. The van der Waals surface area contributed by atoms with Gasteiger partial charge in [0.2, 0.25) is 11.8 Å². The van der Waals surface area contributed by atoms with Crippen molar-refractivity contribution in [3.05, 3.63) is 65.2 Å². The molecule has 2 amide bonds. The summed E-state index contributed by atoms with van der Waals surface area (Å²) >= 11 is 0. The van der Waals surface area contributed by atoms with Gasteiger partial charge in [-0.3, -0.25) is 19.7 Å². The molecule has 0 saturated carbocycles. The summed E-state index contributed by atoms with van der Waals surface area (Å²) in [5.41, 5.74) is 4.99. The van der Waals surface area contributed by atoms with Crippen LogP contribution in [0.5, 0.6) is 0 Å². The van der Waals surface area contributed by atoms with Crippen LogP contribution < -0.4 is 10.8 Å². The Hall–Kier alpha value is -2.86. The average molecular weight is 542 g/mol. The maximum absolute atomic E-state index is 12.3. The first-order valence-corrected chi connectivity index (χ1v) is 13.7. The van der Waals surface area contributed by atoms with Crippen LogP contribution in [-0.4, -0.2) is 64.0 Å². The number of unbranched alkanes of at least 4 members (excludes halogenated alkanes) is 2. The van der Waals surface area contributed by atoms with Gasteiger partial charge in [-0.15, -0.1) is 0 Å². The van der Waals surface area contributed by atoms with E-state index in [1.807, 2.05) is 48.5 Å². The van der Waals surface area contributed by atoms with E-state index in [0.717, 1.165) is 36.1 Å². The lowest BCUT2D eigenvalue weighted by molar-refractivity contribution is -0.252. The molecular weight excluding hydrogens is 502 g/mol.